The first kappa shape index (κ1) is 43.8. The van der Waals surface area contributed by atoms with Crippen LogP contribution < -0.4 is 35.7 Å². The van der Waals surface area contributed by atoms with Gasteiger partial charge in [-0.05, 0) is 26.7 Å². The Kier molecular flexibility index (Phi) is 46.2. The van der Waals surface area contributed by atoms with Gasteiger partial charge in [0.25, 0.3) is 0 Å². The molecule has 0 aliphatic carbocycles. The Balaban J connectivity index is -0.000000387. The molecule has 0 rings (SSSR count). The summed E-state index contributed by atoms with van der Waals surface area (Å²) in [6.45, 7) is 10.6. The fraction of sp³-hybridized carbons (Fsp3) is 1.00. The van der Waals surface area contributed by atoms with Crippen LogP contribution in [0.4, 0.5) is 0 Å². The van der Waals surface area contributed by atoms with E-state index >= 15 is 0 Å². The smallest absolute Gasteiger partial charge is 1.00 e. The molecule has 0 radical (unpaired) electrons. The van der Waals surface area contributed by atoms with Gasteiger partial charge in [-0.1, -0.05) is 129 Å². The maximum Gasteiger partial charge on any atom is 1.00 e. The van der Waals surface area contributed by atoms with Gasteiger partial charge in [0, 0.05) is 13.2 Å². The van der Waals surface area contributed by atoms with E-state index < -0.39 is 10.4 Å². The molecule has 6 nitrogen and oxygen atoms in total. The van der Waals surface area contributed by atoms with Crippen LogP contribution in [0.5, 0.6) is 0 Å². The summed E-state index contributed by atoms with van der Waals surface area (Å²) in [6, 6.07) is 0. The molecular formula is C28H64NNaO5S. The summed E-state index contributed by atoms with van der Waals surface area (Å²) in [4.78, 5) is 0. The van der Waals surface area contributed by atoms with E-state index in [-0.39, 0.29) is 50.3 Å². The molecule has 0 unspecified atom stereocenters. The predicted molar refractivity (Wildman–Crippen MR) is 153 cm³/mol. The molecular weight excluding hydrogens is 485 g/mol. The Morgan fingerprint density at radius 1 is 0.472 bits per heavy atom. The topological polar surface area (TPSA) is 96.8 Å². The fourth-order valence-electron chi connectivity index (χ4n) is 3.74. The minimum Gasteiger partial charge on any atom is -1.00 e. The van der Waals surface area contributed by atoms with Gasteiger partial charge in [-0.25, -0.2) is 8.37 Å². The SMILES string of the molecule is CCCCCCCCCCCCOS(=O)(=O)OCCCCCCCCCCCC.CCOCC.N.[H-].[Na+]. The summed E-state index contributed by atoms with van der Waals surface area (Å²) >= 11 is 0. The van der Waals surface area contributed by atoms with Crippen molar-refractivity contribution >= 4 is 10.4 Å². The molecule has 0 aromatic rings. The average Bonchev–Trinajstić information content (AvgIpc) is 2.82. The van der Waals surface area contributed by atoms with Crippen LogP contribution in [0.1, 0.15) is 158 Å². The first-order valence-corrected chi connectivity index (χ1v) is 16.0. The minimum atomic E-state index is -3.80. The Hall–Kier alpha value is 0.790. The molecule has 3 N–H and O–H groups in total. The van der Waals surface area contributed by atoms with Gasteiger partial charge >= 0.3 is 40.0 Å². The van der Waals surface area contributed by atoms with Crippen LogP contribution in [0.25, 0.3) is 0 Å². The molecule has 0 heterocycles. The van der Waals surface area contributed by atoms with Crippen LogP contribution in [0, 0.1) is 0 Å². The molecule has 0 aromatic carbocycles. The Bertz CT molecular complexity index is 439. The number of ether oxygens (including phenoxy) is 1. The molecule has 0 fully saturated rings. The third kappa shape index (κ3) is 41.9. The largest absolute Gasteiger partial charge is 1.00 e. The van der Waals surface area contributed by atoms with Crippen LogP contribution in [0.15, 0.2) is 0 Å². The summed E-state index contributed by atoms with van der Waals surface area (Å²) in [5, 5.41) is 0. The molecule has 0 spiro atoms. The fourth-order valence-corrected chi connectivity index (χ4v) is 4.45. The van der Waals surface area contributed by atoms with Crippen molar-refractivity contribution in [3.8, 4) is 0 Å². The van der Waals surface area contributed by atoms with Crippen molar-refractivity contribution in [2.24, 2.45) is 0 Å². The van der Waals surface area contributed by atoms with Crippen molar-refractivity contribution in [1.82, 2.24) is 6.15 Å². The van der Waals surface area contributed by atoms with Gasteiger partial charge < -0.3 is 12.3 Å². The van der Waals surface area contributed by atoms with Crippen molar-refractivity contribution in [3.05, 3.63) is 0 Å². The normalized spacial score (nSPS) is 10.8. The van der Waals surface area contributed by atoms with Crippen LogP contribution in [-0.2, 0) is 23.5 Å². The van der Waals surface area contributed by atoms with E-state index in [1.807, 2.05) is 13.8 Å². The van der Waals surface area contributed by atoms with Crippen LogP contribution in [0.3, 0.4) is 0 Å². The van der Waals surface area contributed by atoms with Gasteiger partial charge in [0.15, 0.2) is 0 Å². The first-order valence-electron chi connectivity index (χ1n) is 14.6. The Morgan fingerprint density at radius 2 is 0.722 bits per heavy atom. The van der Waals surface area contributed by atoms with Crippen molar-refractivity contribution in [3.63, 3.8) is 0 Å². The van der Waals surface area contributed by atoms with Crippen molar-refractivity contribution < 1.29 is 52.5 Å². The molecule has 218 valence electrons. The zero-order valence-electron chi connectivity index (χ0n) is 26.1. The average molecular weight is 550 g/mol. The number of hydrogen-bond acceptors (Lipinski definition) is 6. The maximum absolute atomic E-state index is 11.7. The predicted octanol–water partition coefficient (Wildman–Crippen LogP) is 6.43. The molecule has 0 saturated carbocycles. The van der Waals surface area contributed by atoms with Crippen LogP contribution in [-0.4, -0.2) is 34.8 Å². The minimum absolute atomic E-state index is 0. The van der Waals surface area contributed by atoms with E-state index in [0.29, 0.717) is 0 Å². The summed E-state index contributed by atoms with van der Waals surface area (Å²) in [5.74, 6) is 0. The van der Waals surface area contributed by atoms with E-state index in [1.54, 1.807) is 0 Å². The summed E-state index contributed by atoms with van der Waals surface area (Å²) < 4.78 is 38.1. The van der Waals surface area contributed by atoms with Gasteiger partial charge in [0.2, 0.25) is 0 Å². The monoisotopic (exact) mass is 549 g/mol. The zero-order chi connectivity index (χ0) is 25.6. The van der Waals surface area contributed by atoms with Crippen LogP contribution in [0.2, 0.25) is 0 Å². The van der Waals surface area contributed by atoms with E-state index in [1.165, 1.54) is 89.9 Å². The molecule has 36 heavy (non-hydrogen) atoms. The van der Waals surface area contributed by atoms with Gasteiger partial charge in [-0.3, -0.25) is 0 Å². The molecule has 0 aliphatic heterocycles. The Morgan fingerprint density at radius 3 is 0.944 bits per heavy atom. The van der Waals surface area contributed by atoms with E-state index in [9.17, 15) is 8.42 Å². The standard InChI is InChI=1S/C24H50O4S.C4H10O.H3N.Na.H/c1-3-5-7-9-11-13-15-17-19-21-23-27-29(25,26)28-24-22-20-18-16-14-12-10-8-6-4-2;1-3-5-4-2;;;/h3-24H2,1-2H3;3-4H2,1-2H3;1H3;;/q;;;+1;-1. The maximum atomic E-state index is 11.7. The second-order valence-corrected chi connectivity index (χ2v) is 10.5. The van der Waals surface area contributed by atoms with Gasteiger partial charge in [-0.15, -0.1) is 0 Å². The first-order chi connectivity index (χ1) is 16.5. The van der Waals surface area contributed by atoms with E-state index in [4.69, 9.17) is 13.1 Å². The van der Waals surface area contributed by atoms with Crippen molar-refractivity contribution in [2.45, 2.75) is 156 Å². The van der Waals surface area contributed by atoms with E-state index in [0.717, 1.165) is 51.7 Å². The van der Waals surface area contributed by atoms with Crippen molar-refractivity contribution in [1.29, 1.82) is 0 Å². The molecule has 0 bridgehead atoms. The van der Waals surface area contributed by atoms with Gasteiger partial charge in [0.05, 0.1) is 13.2 Å². The summed E-state index contributed by atoms with van der Waals surface area (Å²) in [7, 11) is -3.80. The van der Waals surface area contributed by atoms with Gasteiger partial charge in [-0.2, -0.15) is 8.42 Å². The van der Waals surface area contributed by atoms with Crippen molar-refractivity contribution in [2.75, 3.05) is 26.4 Å². The zero-order valence-corrected chi connectivity index (χ0v) is 27.9. The molecule has 0 atom stereocenters. The Labute approximate surface area is 250 Å². The second kappa shape index (κ2) is 37.9. The quantitative estimate of drug-likeness (QED) is 0.0987. The summed E-state index contributed by atoms with van der Waals surface area (Å²) in [5.41, 5.74) is 0. The number of hydrogen-bond donors (Lipinski definition) is 1. The van der Waals surface area contributed by atoms with Gasteiger partial charge in [0.1, 0.15) is 0 Å². The number of rotatable bonds is 26. The molecule has 0 amide bonds. The molecule has 8 heteroatoms. The number of unbranched alkanes of at least 4 members (excludes halogenated alkanes) is 18. The third-order valence-electron chi connectivity index (χ3n) is 5.86. The summed E-state index contributed by atoms with van der Waals surface area (Å²) in [6.07, 6.45) is 24.4. The second-order valence-electron chi connectivity index (χ2n) is 9.20. The molecule has 0 aromatic heterocycles. The van der Waals surface area contributed by atoms with E-state index in [2.05, 4.69) is 13.8 Å². The van der Waals surface area contributed by atoms with Crippen LogP contribution >= 0.6 is 0 Å². The third-order valence-corrected chi connectivity index (χ3v) is 6.77. The molecule has 0 aliphatic rings. The molecule has 0 saturated heterocycles.